The van der Waals surface area contributed by atoms with Crippen LogP contribution in [-0.4, -0.2) is 14.5 Å². The van der Waals surface area contributed by atoms with Gasteiger partial charge in [0.15, 0.2) is 0 Å². The van der Waals surface area contributed by atoms with E-state index in [0.717, 1.165) is 21.7 Å². The first-order chi connectivity index (χ1) is 11.5. The monoisotopic (exact) mass is 338 g/mol. The Hall–Kier alpha value is -2.73. The summed E-state index contributed by atoms with van der Waals surface area (Å²) in [4.78, 5) is 21.5. The molecule has 24 heavy (non-hydrogen) atoms. The maximum absolute atomic E-state index is 11.8. The molecule has 1 aromatic carbocycles. The summed E-state index contributed by atoms with van der Waals surface area (Å²) in [6.45, 7) is 2.00. The third kappa shape index (κ3) is 3.60. The van der Waals surface area contributed by atoms with Crippen LogP contribution in [0, 0.1) is 6.92 Å². The molecule has 0 saturated heterocycles. The summed E-state index contributed by atoms with van der Waals surface area (Å²) >= 11 is 1.62. The molecular formula is C18H18N4OS. The van der Waals surface area contributed by atoms with Crippen molar-refractivity contribution in [2.45, 2.75) is 13.3 Å². The van der Waals surface area contributed by atoms with E-state index in [1.54, 1.807) is 18.4 Å². The van der Waals surface area contributed by atoms with Gasteiger partial charge in [0.25, 0.3) is 5.56 Å². The zero-order chi connectivity index (χ0) is 17.1. The van der Waals surface area contributed by atoms with E-state index in [1.807, 2.05) is 30.6 Å². The smallest absolute Gasteiger partial charge is 0.254 e. The number of anilines is 1. The van der Waals surface area contributed by atoms with Gasteiger partial charge < -0.3 is 5.73 Å². The summed E-state index contributed by atoms with van der Waals surface area (Å²) in [5.41, 5.74) is 11.3. The highest BCUT2D eigenvalue weighted by Crippen LogP contribution is 2.17. The van der Waals surface area contributed by atoms with Gasteiger partial charge in [-0.2, -0.15) is 0 Å². The molecule has 0 fully saturated rings. The Morgan fingerprint density at radius 2 is 2.12 bits per heavy atom. The molecule has 0 bridgehead atoms. The van der Waals surface area contributed by atoms with Crippen LogP contribution in [0.1, 0.15) is 27.4 Å². The molecule has 5 nitrogen and oxygen atoms in total. The third-order valence-electron chi connectivity index (χ3n) is 3.77. The maximum Gasteiger partial charge on any atom is 0.254 e. The van der Waals surface area contributed by atoms with E-state index in [4.69, 9.17) is 5.73 Å². The number of nitrogens with zero attached hydrogens (tertiary/aromatic N) is 3. The van der Waals surface area contributed by atoms with Gasteiger partial charge in [0.2, 0.25) is 5.95 Å². The van der Waals surface area contributed by atoms with Gasteiger partial charge >= 0.3 is 0 Å². The second-order valence-electron chi connectivity index (χ2n) is 5.56. The van der Waals surface area contributed by atoms with Gasteiger partial charge in [-0.3, -0.25) is 9.36 Å². The van der Waals surface area contributed by atoms with Crippen molar-refractivity contribution < 1.29 is 0 Å². The Bertz CT molecular complexity index is 956. The average molecular weight is 338 g/mol. The number of thiazole rings is 1. The standard InChI is InChI=1S/C18H18N4OS/c1-12-16(24-11-20-12)7-6-13-4-3-5-14(8-13)9-15-10-17(23)22(2)18(19)21-15/h3-8,10-11H,9H2,1-2H3,(H2,19,21). The summed E-state index contributed by atoms with van der Waals surface area (Å²) < 4.78 is 1.33. The molecule has 3 rings (SSSR count). The maximum atomic E-state index is 11.8. The molecule has 0 aliphatic rings. The van der Waals surface area contributed by atoms with E-state index in [-0.39, 0.29) is 11.5 Å². The van der Waals surface area contributed by atoms with Gasteiger partial charge in [-0.1, -0.05) is 30.3 Å². The van der Waals surface area contributed by atoms with Crippen LogP contribution in [0.25, 0.3) is 12.2 Å². The summed E-state index contributed by atoms with van der Waals surface area (Å²) in [5, 5.41) is 0. The van der Waals surface area contributed by atoms with Gasteiger partial charge in [-0.05, 0) is 24.1 Å². The fourth-order valence-electron chi connectivity index (χ4n) is 2.36. The summed E-state index contributed by atoms with van der Waals surface area (Å²) in [6.07, 6.45) is 4.71. The van der Waals surface area contributed by atoms with Crippen molar-refractivity contribution >= 4 is 29.4 Å². The molecule has 6 heteroatoms. The lowest BCUT2D eigenvalue weighted by atomic mass is 10.1. The zero-order valence-corrected chi connectivity index (χ0v) is 14.4. The first-order valence-corrected chi connectivity index (χ1v) is 8.40. The first kappa shape index (κ1) is 16.1. The predicted molar refractivity (Wildman–Crippen MR) is 98.9 cm³/mol. The first-order valence-electron chi connectivity index (χ1n) is 7.52. The molecule has 0 radical (unpaired) electrons. The summed E-state index contributed by atoms with van der Waals surface area (Å²) in [6, 6.07) is 9.67. The zero-order valence-electron chi connectivity index (χ0n) is 13.6. The molecule has 2 aromatic heterocycles. The predicted octanol–water partition coefficient (Wildman–Crippen LogP) is 2.89. The number of benzene rings is 1. The molecular weight excluding hydrogens is 320 g/mol. The van der Waals surface area contributed by atoms with E-state index in [2.05, 4.69) is 28.2 Å². The number of hydrogen-bond donors (Lipinski definition) is 1. The second-order valence-corrected chi connectivity index (χ2v) is 6.45. The van der Waals surface area contributed by atoms with E-state index < -0.39 is 0 Å². The molecule has 0 aliphatic heterocycles. The van der Waals surface area contributed by atoms with Crippen molar-refractivity contribution in [3.05, 3.63) is 73.6 Å². The fraction of sp³-hybridized carbons (Fsp3) is 0.167. The number of hydrogen-bond acceptors (Lipinski definition) is 5. The van der Waals surface area contributed by atoms with Crippen molar-refractivity contribution in [3.8, 4) is 0 Å². The van der Waals surface area contributed by atoms with E-state index in [9.17, 15) is 4.79 Å². The van der Waals surface area contributed by atoms with E-state index in [0.29, 0.717) is 12.1 Å². The lowest BCUT2D eigenvalue weighted by Gasteiger charge is -2.06. The number of rotatable bonds is 4. The minimum Gasteiger partial charge on any atom is -0.369 e. The molecule has 3 aromatic rings. The summed E-state index contributed by atoms with van der Waals surface area (Å²) in [7, 11) is 1.61. The quantitative estimate of drug-likeness (QED) is 0.794. The van der Waals surface area contributed by atoms with Gasteiger partial charge in [-0.15, -0.1) is 11.3 Å². The van der Waals surface area contributed by atoms with Crippen LogP contribution in [0.3, 0.4) is 0 Å². The minimum atomic E-state index is -0.144. The van der Waals surface area contributed by atoms with E-state index >= 15 is 0 Å². The molecule has 0 unspecified atom stereocenters. The Balaban J connectivity index is 1.82. The fourth-order valence-corrected chi connectivity index (χ4v) is 3.05. The lowest BCUT2D eigenvalue weighted by Crippen LogP contribution is -2.21. The van der Waals surface area contributed by atoms with Crippen molar-refractivity contribution in [2.75, 3.05) is 5.73 Å². The average Bonchev–Trinajstić information content (AvgIpc) is 2.96. The van der Waals surface area contributed by atoms with Crippen LogP contribution in [-0.2, 0) is 13.5 Å². The highest BCUT2D eigenvalue weighted by molar-refractivity contribution is 7.10. The molecule has 0 amide bonds. The topological polar surface area (TPSA) is 73.8 Å². The molecule has 122 valence electrons. The van der Waals surface area contributed by atoms with Crippen LogP contribution in [0.15, 0.2) is 40.6 Å². The Labute approximate surface area is 144 Å². The Morgan fingerprint density at radius 3 is 2.83 bits per heavy atom. The molecule has 0 aliphatic carbocycles. The number of nitrogen functional groups attached to an aromatic ring is 1. The van der Waals surface area contributed by atoms with Crippen LogP contribution >= 0.6 is 11.3 Å². The van der Waals surface area contributed by atoms with Crippen LogP contribution < -0.4 is 11.3 Å². The molecule has 2 heterocycles. The Kier molecular flexibility index (Phi) is 4.57. The van der Waals surface area contributed by atoms with Gasteiger partial charge in [0, 0.05) is 24.4 Å². The highest BCUT2D eigenvalue weighted by atomic mass is 32.1. The van der Waals surface area contributed by atoms with Gasteiger partial charge in [-0.25, -0.2) is 9.97 Å². The second kappa shape index (κ2) is 6.80. The van der Waals surface area contributed by atoms with Crippen molar-refractivity contribution in [1.29, 1.82) is 0 Å². The largest absolute Gasteiger partial charge is 0.369 e. The van der Waals surface area contributed by atoms with Crippen molar-refractivity contribution in [1.82, 2.24) is 14.5 Å². The number of nitrogens with two attached hydrogens (primary N) is 1. The molecule has 0 atom stereocenters. The SMILES string of the molecule is Cc1ncsc1C=Cc1cccc(Cc2cc(=O)n(C)c(N)n2)c1. The third-order valence-corrected chi connectivity index (χ3v) is 4.66. The highest BCUT2D eigenvalue weighted by Gasteiger charge is 2.04. The number of aryl methyl sites for hydroxylation is 1. The molecule has 2 N–H and O–H groups in total. The van der Waals surface area contributed by atoms with E-state index in [1.165, 1.54) is 10.6 Å². The lowest BCUT2D eigenvalue weighted by molar-refractivity contribution is 0.825. The van der Waals surface area contributed by atoms with Crippen LogP contribution in [0.2, 0.25) is 0 Å². The van der Waals surface area contributed by atoms with Gasteiger partial charge in [0.05, 0.1) is 16.9 Å². The summed E-state index contributed by atoms with van der Waals surface area (Å²) in [5.74, 6) is 0.231. The van der Waals surface area contributed by atoms with Crippen LogP contribution in [0.5, 0.6) is 0 Å². The van der Waals surface area contributed by atoms with Crippen LogP contribution in [0.4, 0.5) is 5.95 Å². The molecule has 0 spiro atoms. The Morgan fingerprint density at radius 1 is 1.29 bits per heavy atom. The van der Waals surface area contributed by atoms with Gasteiger partial charge in [0.1, 0.15) is 0 Å². The minimum absolute atomic E-state index is 0.144. The normalized spacial score (nSPS) is 11.2. The van der Waals surface area contributed by atoms with Crippen molar-refractivity contribution in [3.63, 3.8) is 0 Å². The molecule has 0 saturated carbocycles. The van der Waals surface area contributed by atoms with Crippen molar-refractivity contribution in [2.24, 2.45) is 7.05 Å². The number of aromatic nitrogens is 3.